The molecule has 1 saturated carbocycles. The number of ether oxygens (including phenoxy) is 1. The lowest BCUT2D eigenvalue weighted by atomic mass is 9.64. The molecule has 4 nitrogen and oxygen atoms in total. The first-order valence-corrected chi connectivity index (χ1v) is 7.71. The normalized spacial score (nSPS) is 23.4. The molecule has 2 rings (SSSR count). The van der Waals surface area contributed by atoms with Crippen LogP contribution in [-0.4, -0.2) is 31.2 Å². The molecular weight excluding hydrogens is 288 g/mol. The van der Waals surface area contributed by atoms with Crippen molar-refractivity contribution in [2.75, 3.05) is 18.5 Å². The van der Waals surface area contributed by atoms with E-state index in [9.17, 15) is 4.79 Å². The van der Waals surface area contributed by atoms with Gasteiger partial charge >= 0.3 is 0 Å². The Bertz CT molecular complexity index is 505. The molecule has 0 aliphatic heterocycles. The Morgan fingerprint density at radius 2 is 2.24 bits per heavy atom. The molecule has 2 atom stereocenters. The Kier molecular flexibility index (Phi) is 5.25. The molecule has 1 aromatic carbocycles. The van der Waals surface area contributed by atoms with Crippen LogP contribution in [0.2, 0.25) is 5.02 Å². The van der Waals surface area contributed by atoms with Crippen molar-refractivity contribution in [1.82, 2.24) is 5.32 Å². The summed E-state index contributed by atoms with van der Waals surface area (Å²) in [7, 11) is 0. The zero-order valence-electron chi connectivity index (χ0n) is 12.8. The molecule has 0 saturated heterocycles. The summed E-state index contributed by atoms with van der Waals surface area (Å²) in [5, 5.41) is 6.75. The summed E-state index contributed by atoms with van der Waals surface area (Å²) in [6, 6.07) is 7.45. The largest absolute Gasteiger partial charge is 0.378 e. The smallest absolute Gasteiger partial charge is 0.238 e. The number of hydrogen-bond donors (Lipinski definition) is 2. The van der Waals surface area contributed by atoms with E-state index in [4.69, 9.17) is 16.3 Å². The molecule has 0 bridgehead atoms. The predicted octanol–water partition coefficient (Wildman–Crippen LogP) is 3.07. The van der Waals surface area contributed by atoms with Crippen LogP contribution in [0.15, 0.2) is 24.3 Å². The number of carbonyl (C=O) groups is 1. The van der Waals surface area contributed by atoms with E-state index in [0.717, 1.165) is 18.7 Å². The minimum Gasteiger partial charge on any atom is -0.378 e. The van der Waals surface area contributed by atoms with E-state index in [1.165, 1.54) is 0 Å². The van der Waals surface area contributed by atoms with Crippen LogP contribution < -0.4 is 10.6 Å². The third kappa shape index (κ3) is 3.96. The Balaban J connectivity index is 1.78. The summed E-state index contributed by atoms with van der Waals surface area (Å²) >= 11 is 5.89. The highest BCUT2D eigenvalue weighted by atomic mass is 35.5. The first-order chi connectivity index (χ1) is 9.93. The number of amides is 1. The molecule has 21 heavy (non-hydrogen) atoms. The number of hydrogen-bond acceptors (Lipinski definition) is 3. The second kappa shape index (κ2) is 6.77. The van der Waals surface area contributed by atoms with E-state index >= 15 is 0 Å². The molecule has 0 heterocycles. The molecule has 1 aliphatic carbocycles. The molecular formula is C16H23ClN2O2. The van der Waals surface area contributed by atoms with E-state index in [1.807, 2.05) is 19.1 Å². The quantitative estimate of drug-likeness (QED) is 0.849. The summed E-state index contributed by atoms with van der Waals surface area (Å²) in [5.41, 5.74) is 0.779. The maximum atomic E-state index is 11.9. The van der Waals surface area contributed by atoms with Crippen molar-refractivity contribution in [1.29, 1.82) is 0 Å². The van der Waals surface area contributed by atoms with Crippen LogP contribution in [0.3, 0.4) is 0 Å². The van der Waals surface area contributed by atoms with Gasteiger partial charge in [-0.25, -0.2) is 0 Å². The monoisotopic (exact) mass is 310 g/mol. The molecule has 1 aliphatic rings. The highest BCUT2D eigenvalue weighted by molar-refractivity contribution is 6.30. The first kappa shape index (κ1) is 16.3. The van der Waals surface area contributed by atoms with E-state index in [0.29, 0.717) is 17.6 Å². The number of nitrogens with one attached hydrogen (secondary N) is 2. The van der Waals surface area contributed by atoms with Gasteiger partial charge in [0.1, 0.15) is 0 Å². The molecule has 1 aromatic rings. The van der Waals surface area contributed by atoms with Gasteiger partial charge in [0.05, 0.1) is 12.6 Å². The second-order valence-electron chi connectivity index (χ2n) is 5.99. The third-order valence-corrected chi connectivity index (χ3v) is 4.40. The van der Waals surface area contributed by atoms with Crippen LogP contribution in [0.5, 0.6) is 0 Å². The van der Waals surface area contributed by atoms with Crippen LogP contribution in [-0.2, 0) is 9.53 Å². The lowest BCUT2D eigenvalue weighted by molar-refractivity contribution is -0.123. The van der Waals surface area contributed by atoms with E-state index in [1.54, 1.807) is 12.1 Å². The fourth-order valence-electron chi connectivity index (χ4n) is 2.70. The standard InChI is InChI=1S/C16H23ClN2O2/c1-4-21-14-9-13(16(14,2)3)18-10-15(20)19-12-7-5-6-11(17)8-12/h5-8,13-14,18H,4,9-10H2,1-3H3,(H,19,20). The molecule has 0 spiro atoms. The Morgan fingerprint density at radius 1 is 1.48 bits per heavy atom. The average molecular weight is 311 g/mol. The predicted molar refractivity (Wildman–Crippen MR) is 85.7 cm³/mol. The van der Waals surface area contributed by atoms with Gasteiger partial charge in [-0.3, -0.25) is 4.79 Å². The highest BCUT2D eigenvalue weighted by Crippen LogP contribution is 2.42. The van der Waals surface area contributed by atoms with Crippen molar-refractivity contribution in [3.8, 4) is 0 Å². The molecule has 1 amide bonds. The zero-order chi connectivity index (χ0) is 15.5. The maximum absolute atomic E-state index is 11.9. The summed E-state index contributed by atoms with van der Waals surface area (Å²) in [6.07, 6.45) is 1.22. The zero-order valence-corrected chi connectivity index (χ0v) is 13.5. The Hall–Kier alpha value is -1.10. The van der Waals surface area contributed by atoms with Gasteiger partial charge in [-0.05, 0) is 31.5 Å². The summed E-state index contributed by atoms with van der Waals surface area (Å²) in [5.74, 6) is -0.0621. The van der Waals surface area contributed by atoms with E-state index in [2.05, 4.69) is 24.5 Å². The lowest BCUT2D eigenvalue weighted by Gasteiger charge is -2.51. The van der Waals surface area contributed by atoms with E-state index < -0.39 is 0 Å². The van der Waals surface area contributed by atoms with Gasteiger partial charge in [-0.1, -0.05) is 31.5 Å². The fraction of sp³-hybridized carbons (Fsp3) is 0.562. The van der Waals surface area contributed by atoms with Crippen molar-refractivity contribution >= 4 is 23.2 Å². The number of anilines is 1. The van der Waals surface area contributed by atoms with Crippen molar-refractivity contribution in [3.63, 3.8) is 0 Å². The summed E-state index contributed by atoms with van der Waals surface area (Å²) in [4.78, 5) is 11.9. The summed E-state index contributed by atoms with van der Waals surface area (Å²) < 4.78 is 5.68. The minimum absolute atomic E-state index is 0.0619. The minimum atomic E-state index is -0.0621. The van der Waals surface area contributed by atoms with Gasteiger partial charge < -0.3 is 15.4 Å². The third-order valence-electron chi connectivity index (χ3n) is 4.16. The number of benzene rings is 1. The van der Waals surface area contributed by atoms with Crippen LogP contribution in [0.25, 0.3) is 0 Å². The average Bonchev–Trinajstić information content (AvgIpc) is 2.42. The first-order valence-electron chi connectivity index (χ1n) is 7.34. The van der Waals surface area contributed by atoms with Crippen LogP contribution in [0.1, 0.15) is 27.2 Å². The van der Waals surface area contributed by atoms with E-state index in [-0.39, 0.29) is 17.4 Å². The molecule has 1 fully saturated rings. The molecule has 0 aromatic heterocycles. The summed E-state index contributed by atoms with van der Waals surface area (Å²) in [6.45, 7) is 7.37. The number of halogens is 1. The van der Waals surface area contributed by atoms with Crippen molar-refractivity contribution in [2.24, 2.45) is 5.41 Å². The Morgan fingerprint density at radius 3 is 2.86 bits per heavy atom. The maximum Gasteiger partial charge on any atom is 0.238 e. The number of rotatable bonds is 6. The van der Waals surface area contributed by atoms with Gasteiger partial charge in [0.25, 0.3) is 0 Å². The topological polar surface area (TPSA) is 50.4 Å². The fourth-order valence-corrected chi connectivity index (χ4v) is 2.89. The Labute approximate surface area is 131 Å². The molecule has 0 radical (unpaired) electrons. The lowest BCUT2D eigenvalue weighted by Crippen LogP contribution is -2.61. The van der Waals surface area contributed by atoms with Crippen LogP contribution in [0.4, 0.5) is 5.69 Å². The highest BCUT2D eigenvalue weighted by Gasteiger charge is 2.48. The van der Waals surface area contributed by atoms with Crippen molar-refractivity contribution < 1.29 is 9.53 Å². The van der Waals surface area contributed by atoms with Gasteiger partial charge in [-0.2, -0.15) is 0 Å². The van der Waals surface area contributed by atoms with Crippen molar-refractivity contribution in [3.05, 3.63) is 29.3 Å². The molecule has 116 valence electrons. The van der Waals surface area contributed by atoms with Gasteiger partial charge in [0.2, 0.25) is 5.91 Å². The van der Waals surface area contributed by atoms with Crippen LogP contribution in [0, 0.1) is 5.41 Å². The molecule has 2 N–H and O–H groups in total. The van der Waals surface area contributed by atoms with Gasteiger partial charge in [0.15, 0.2) is 0 Å². The van der Waals surface area contributed by atoms with Gasteiger partial charge in [-0.15, -0.1) is 0 Å². The molecule has 2 unspecified atom stereocenters. The second-order valence-corrected chi connectivity index (χ2v) is 6.43. The van der Waals surface area contributed by atoms with Crippen LogP contribution >= 0.6 is 11.6 Å². The number of carbonyl (C=O) groups excluding carboxylic acids is 1. The van der Waals surface area contributed by atoms with Gasteiger partial charge in [0, 0.05) is 28.8 Å². The van der Waals surface area contributed by atoms with Crippen molar-refractivity contribution in [2.45, 2.75) is 39.3 Å². The SMILES string of the molecule is CCOC1CC(NCC(=O)Nc2cccc(Cl)c2)C1(C)C. The molecule has 5 heteroatoms.